The highest BCUT2D eigenvalue weighted by molar-refractivity contribution is 5.77. The van der Waals surface area contributed by atoms with Crippen molar-refractivity contribution in [1.29, 1.82) is 0 Å². The van der Waals surface area contributed by atoms with Gasteiger partial charge in [-0.25, -0.2) is 0 Å². The molecule has 1 amide bonds. The van der Waals surface area contributed by atoms with E-state index in [1.807, 2.05) is 78.9 Å². The molecule has 0 spiro atoms. The predicted octanol–water partition coefficient (Wildman–Crippen LogP) is 4.13. The molecule has 3 rings (SSSR count). The lowest BCUT2D eigenvalue weighted by Gasteiger charge is -2.19. The van der Waals surface area contributed by atoms with E-state index in [1.54, 1.807) is 14.2 Å². The Morgan fingerprint density at radius 2 is 1.45 bits per heavy atom. The molecule has 0 heterocycles. The van der Waals surface area contributed by atoms with Gasteiger partial charge in [0.05, 0.1) is 14.2 Å². The Balaban J connectivity index is 1.64. The molecule has 0 atom stereocenters. The summed E-state index contributed by atoms with van der Waals surface area (Å²) in [6.45, 7) is 0.268. The molecule has 5 nitrogen and oxygen atoms in total. The molecule has 0 aromatic heterocycles. The van der Waals surface area contributed by atoms with Crippen LogP contribution in [0.25, 0.3) is 0 Å². The van der Waals surface area contributed by atoms with Crippen molar-refractivity contribution in [1.82, 2.24) is 5.32 Å². The first-order valence-corrected chi connectivity index (χ1v) is 9.41. The summed E-state index contributed by atoms with van der Waals surface area (Å²) in [6, 6.07) is 25.3. The van der Waals surface area contributed by atoms with Gasteiger partial charge in [-0.15, -0.1) is 0 Å². The molecular weight excluding hydrogens is 366 g/mol. The molecule has 0 radical (unpaired) electrons. The summed E-state index contributed by atoms with van der Waals surface area (Å²) in [4.78, 5) is 12.4. The minimum Gasteiger partial charge on any atom is -0.493 e. The van der Waals surface area contributed by atoms with E-state index < -0.39 is 0 Å². The molecule has 0 aliphatic rings. The van der Waals surface area contributed by atoms with Crippen LogP contribution in [0.3, 0.4) is 0 Å². The van der Waals surface area contributed by atoms with E-state index in [1.165, 1.54) is 0 Å². The fourth-order valence-corrected chi connectivity index (χ4v) is 3.14. The third-order valence-corrected chi connectivity index (χ3v) is 4.55. The fourth-order valence-electron chi connectivity index (χ4n) is 3.14. The number of ether oxygens (including phenoxy) is 3. The molecule has 0 unspecified atom stereocenters. The van der Waals surface area contributed by atoms with Crippen LogP contribution in [0.4, 0.5) is 0 Å². The van der Waals surface area contributed by atoms with Gasteiger partial charge in [0.1, 0.15) is 12.7 Å². The summed E-state index contributed by atoms with van der Waals surface area (Å²) in [5, 5.41) is 2.88. The van der Waals surface area contributed by atoms with Crippen LogP contribution in [0, 0.1) is 0 Å². The van der Waals surface area contributed by atoms with E-state index in [2.05, 4.69) is 5.32 Å². The van der Waals surface area contributed by atoms with Gasteiger partial charge in [-0.3, -0.25) is 4.79 Å². The first kappa shape index (κ1) is 20.4. The third kappa shape index (κ3) is 5.36. The maximum atomic E-state index is 12.4. The van der Waals surface area contributed by atoms with Gasteiger partial charge in [-0.2, -0.15) is 0 Å². The first-order chi connectivity index (χ1) is 14.2. The molecule has 0 bridgehead atoms. The number of hydrogen-bond donors (Lipinski definition) is 1. The monoisotopic (exact) mass is 391 g/mol. The number of benzene rings is 3. The van der Waals surface area contributed by atoms with Crippen molar-refractivity contribution in [2.24, 2.45) is 0 Å². The molecule has 5 heteroatoms. The summed E-state index contributed by atoms with van der Waals surface area (Å²) in [7, 11) is 3.16. The third-order valence-electron chi connectivity index (χ3n) is 4.55. The number of rotatable bonds is 9. The van der Waals surface area contributed by atoms with Crippen LogP contribution in [-0.4, -0.2) is 26.7 Å². The minimum absolute atomic E-state index is 0.0548. The maximum Gasteiger partial charge on any atom is 0.246 e. The standard InChI is InChI=1S/C24H25NO4/c1-27-21-15-9-14-20(24(21)28-2)16-25-22(26)17-29-23(18-10-5-3-6-11-18)19-12-7-4-8-13-19/h3-15,23H,16-17H2,1-2H3,(H,25,26). The SMILES string of the molecule is COc1cccc(CNC(=O)COC(c2ccccc2)c2ccccc2)c1OC. The van der Waals surface area contributed by atoms with Crippen molar-refractivity contribution in [3.05, 3.63) is 95.6 Å². The van der Waals surface area contributed by atoms with Crippen molar-refractivity contribution in [2.45, 2.75) is 12.6 Å². The Morgan fingerprint density at radius 1 is 0.828 bits per heavy atom. The van der Waals surface area contributed by atoms with E-state index in [0.29, 0.717) is 18.0 Å². The van der Waals surface area contributed by atoms with E-state index in [4.69, 9.17) is 14.2 Å². The predicted molar refractivity (Wildman–Crippen MR) is 112 cm³/mol. The zero-order chi connectivity index (χ0) is 20.5. The topological polar surface area (TPSA) is 56.8 Å². The second kappa shape index (κ2) is 10.3. The largest absolute Gasteiger partial charge is 0.493 e. The Hall–Kier alpha value is -3.31. The van der Waals surface area contributed by atoms with Crippen molar-refractivity contribution in [3.63, 3.8) is 0 Å². The normalized spacial score (nSPS) is 10.6. The van der Waals surface area contributed by atoms with Crippen LogP contribution in [-0.2, 0) is 16.1 Å². The van der Waals surface area contributed by atoms with Gasteiger partial charge >= 0.3 is 0 Å². The number of methoxy groups -OCH3 is 2. The number of para-hydroxylation sites is 1. The van der Waals surface area contributed by atoms with Crippen molar-refractivity contribution < 1.29 is 19.0 Å². The molecule has 0 fully saturated rings. The van der Waals surface area contributed by atoms with Crippen LogP contribution < -0.4 is 14.8 Å². The van der Waals surface area contributed by atoms with Gasteiger partial charge in [0, 0.05) is 12.1 Å². The molecule has 0 saturated heterocycles. The number of hydrogen-bond acceptors (Lipinski definition) is 4. The Bertz CT molecular complexity index is 873. The van der Waals surface area contributed by atoms with Gasteiger partial charge in [0.2, 0.25) is 5.91 Å². The molecular formula is C24H25NO4. The zero-order valence-electron chi connectivity index (χ0n) is 16.6. The molecule has 0 aliphatic heterocycles. The van der Waals surface area contributed by atoms with E-state index in [0.717, 1.165) is 16.7 Å². The van der Waals surface area contributed by atoms with Gasteiger partial charge in [0.25, 0.3) is 0 Å². The Kier molecular flexibility index (Phi) is 7.25. The van der Waals surface area contributed by atoms with Gasteiger partial charge in [-0.05, 0) is 17.2 Å². The number of carbonyl (C=O) groups excluding carboxylic acids is 1. The van der Waals surface area contributed by atoms with Gasteiger partial charge in [0.15, 0.2) is 11.5 Å². The minimum atomic E-state index is -0.311. The van der Waals surface area contributed by atoms with E-state index >= 15 is 0 Å². The lowest BCUT2D eigenvalue weighted by molar-refractivity contribution is -0.127. The van der Waals surface area contributed by atoms with Crippen molar-refractivity contribution >= 4 is 5.91 Å². The molecule has 0 saturated carbocycles. The highest BCUT2D eigenvalue weighted by atomic mass is 16.5. The molecule has 3 aromatic rings. The van der Waals surface area contributed by atoms with Gasteiger partial charge in [-0.1, -0.05) is 72.8 Å². The Labute approximate surface area is 171 Å². The lowest BCUT2D eigenvalue weighted by Crippen LogP contribution is -2.28. The average Bonchev–Trinajstić information content (AvgIpc) is 2.78. The number of amides is 1. The van der Waals surface area contributed by atoms with Crippen LogP contribution in [0.5, 0.6) is 11.5 Å². The summed E-state index contributed by atoms with van der Waals surface area (Å²) in [5.74, 6) is 1.04. The zero-order valence-corrected chi connectivity index (χ0v) is 16.6. The quantitative estimate of drug-likeness (QED) is 0.596. The first-order valence-electron chi connectivity index (χ1n) is 9.41. The van der Waals surface area contributed by atoms with E-state index in [9.17, 15) is 4.79 Å². The maximum absolute atomic E-state index is 12.4. The molecule has 3 aromatic carbocycles. The van der Waals surface area contributed by atoms with Crippen LogP contribution in [0.2, 0.25) is 0 Å². The lowest BCUT2D eigenvalue weighted by atomic mass is 10.0. The molecule has 150 valence electrons. The molecule has 29 heavy (non-hydrogen) atoms. The summed E-state index contributed by atoms with van der Waals surface area (Å²) in [6.07, 6.45) is -0.311. The fraction of sp³-hybridized carbons (Fsp3) is 0.208. The molecule has 1 N–H and O–H groups in total. The van der Waals surface area contributed by atoms with E-state index in [-0.39, 0.29) is 18.6 Å². The number of carbonyl (C=O) groups is 1. The number of nitrogens with one attached hydrogen (secondary N) is 1. The molecule has 0 aliphatic carbocycles. The van der Waals surface area contributed by atoms with Crippen LogP contribution in [0.15, 0.2) is 78.9 Å². The van der Waals surface area contributed by atoms with Crippen molar-refractivity contribution in [3.8, 4) is 11.5 Å². The Morgan fingerprint density at radius 3 is 2.00 bits per heavy atom. The second-order valence-electron chi connectivity index (χ2n) is 6.44. The smallest absolute Gasteiger partial charge is 0.246 e. The summed E-state index contributed by atoms with van der Waals surface area (Å²) >= 11 is 0. The highest BCUT2D eigenvalue weighted by Crippen LogP contribution is 2.30. The highest BCUT2D eigenvalue weighted by Gasteiger charge is 2.16. The average molecular weight is 391 g/mol. The summed E-state index contributed by atoms with van der Waals surface area (Å²) in [5.41, 5.74) is 2.84. The summed E-state index contributed by atoms with van der Waals surface area (Å²) < 4.78 is 16.7. The van der Waals surface area contributed by atoms with Crippen molar-refractivity contribution in [2.75, 3.05) is 20.8 Å². The van der Waals surface area contributed by atoms with Gasteiger partial charge < -0.3 is 19.5 Å². The van der Waals surface area contributed by atoms with Crippen LogP contribution in [0.1, 0.15) is 22.8 Å². The van der Waals surface area contributed by atoms with Crippen LogP contribution >= 0.6 is 0 Å². The second-order valence-corrected chi connectivity index (χ2v) is 6.44.